The Hall–Kier alpha value is -0.160. The van der Waals surface area contributed by atoms with Crippen molar-refractivity contribution in [2.45, 2.75) is 77.7 Å². The third kappa shape index (κ3) is 7.58. The minimum absolute atomic E-state index is 0.324. The molecule has 0 aliphatic heterocycles. The summed E-state index contributed by atoms with van der Waals surface area (Å²) in [5, 5.41) is 6.78. The van der Waals surface area contributed by atoms with Gasteiger partial charge in [0, 0.05) is 38.0 Å². The third-order valence-corrected chi connectivity index (χ3v) is 3.65. The van der Waals surface area contributed by atoms with Gasteiger partial charge in [0.05, 0.1) is 13.2 Å². The average molecular weight is 286 g/mol. The van der Waals surface area contributed by atoms with Gasteiger partial charge in [-0.2, -0.15) is 0 Å². The molecule has 0 saturated heterocycles. The Bertz CT molecular complexity index is 221. The fourth-order valence-corrected chi connectivity index (χ4v) is 2.59. The Morgan fingerprint density at radius 3 is 1.65 bits per heavy atom. The molecule has 0 aromatic heterocycles. The second-order valence-electron chi connectivity index (χ2n) is 6.39. The summed E-state index contributed by atoms with van der Waals surface area (Å²) in [5.41, 5.74) is 0. The van der Waals surface area contributed by atoms with E-state index in [0.29, 0.717) is 12.1 Å². The predicted octanol–water partition coefficient (Wildman–Crippen LogP) is 2.68. The summed E-state index contributed by atoms with van der Waals surface area (Å²) in [5.74, 6) is -0.324. The summed E-state index contributed by atoms with van der Waals surface area (Å²) in [6.07, 6.45) is 5.82. The van der Waals surface area contributed by atoms with E-state index in [0.717, 1.165) is 39.1 Å². The van der Waals surface area contributed by atoms with Gasteiger partial charge in [0.25, 0.3) is 0 Å². The van der Waals surface area contributed by atoms with Crippen molar-refractivity contribution in [3.8, 4) is 0 Å². The molecule has 0 aromatic rings. The minimum Gasteiger partial charge on any atom is -0.349 e. The summed E-state index contributed by atoms with van der Waals surface area (Å²) < 4.78 is 12.2. The molecule has 1 fully saturated rings. The first-order valence-corrected chi connectivity index (χ1v) is 8.29. The van der Waals surface area contributed by atoms with Crippen LogP contribution in [0.25, 0.3) is 0 Å². The van der Waals surface area contributed by atoms with Gasteiger partial charge < -0.3 is 20.1 Å². The van der Waals surface area contributed by atoms with Crippen LogP contribution >= 0.6 is 0 Å². The zero-order valence-electron chi connectivity index (χ0n) is 13.8. The molecule has 2 N–H and O–H groups in total. The SMILES string of the molecule is CC(C)NCCOC1(OCCNC(C)C)CCCCC1. The van der Waals surface area contributed by atoms with Crippen LogP contribution in [0, 0.1) is 0 Å². The smallest absolute Gasteiger partial charge is 0.168 e. The summed E-state index contributed by atoms with van der Waals surface area (Å²) in [6, 6.07) is 1.02. The van der Waals surface area contributed by atoms with Gasteiger partial charge in [-0.15, -0.1) is 0 Å². The van der Waals surface area contributed by atoms with Gasteiger partial charge in [0.15, 0.2) is 5.79 Å². The first kappa shape index (κ1) is 17.9. The van der Waals surface area contributed by atoms with Crippen LogP contribution in [-0.4, -0.2) is 44.2 Å². The van der Waals surface area contributed by atoms with Crippen molar-refractivity contribution in [1.29, 1.82) is 0 Å². The average Bonchev–Trinajstić information content (AvgIpc) is 2.41. The van der Waals surface area contributed by atoms with Crippen molar-refractivity contribution >= 4 is 0 Å². The van der Waals surface area contributed by atoms with Gasteiger partial charge in [-0.25, -0.2) is 0 Å². The van der Waals surface area contributed by atoms with E-state index in [4.69, 9.17) is 9.47 Å². The highest BCUT2D eigenvalue weighted by Crippen LogP contribution is 2.32. The largest absolute Gasteiger partial charge is 0.349 e. The lowest BCUT2D eigenvalue weighted by Gasteiger charge is -2.37. The van der Waals surface area contributed by atoms with Crippen molar-refractivity contribution in [3.63, 3.8) is 0 Å². The molecule has 0 atom stereocenters. The molecule has 4 nitrogen and oxygen atoms in total. The number of rotatable bonds is 10. The summed E-state index contributed by atoms with van der Waals surface area (Å²) in [6.45, 7) is 11.9. The lowest BCUT2D eigenvalue weighted by atomic mass is 9.94. The van der Waals surface area contributed by atoms with Crippen LogP contribution in [0.3, 0.4) is 0 Å². The molecule has 0 heterocycles. The van der Waals surface area contributed by atoms with Crippen molar-refractivity contribution in [3.05, 3.63) is 0 Å². The molecule has 1 rings (SSSR count). The Morgan fingerprint density at radius 1 is 0.800 bits per heavy atom. The zero-order valence-corrected chi connectivity index (χ0v) is 13.8. The Kier molecular flexibility index (Phi) is 8.69. The van der Waals surface area contributed by atoms with E-state index in [2.05, 4.69) is 38.3 Å². The molecule has 1 aliphatic carbocycles. The van der Waals surface area contributed by atoms with Crippen LogP contribution in [-0.2, 0) is 9.47 Å². The quantitative estimate of drug-likeness (QED) is 0.479. The van der Waals surface area contributed by atoms with Crippen LogP contribution in [0.5, 0.6) is 0 Å². The third-order valence-electron chi connectivity index (χ3n) is 3.65. The number of hydrogen-bond acceptors (Lipinski definition) is 4. The molecule has 0 bridgehead atoms. The topological polar surface area (TPSA) is 42.5 Å². The van der Waals surface area contributed by atoms with Gasteiger partial charge in [-0.05, 0) is 12.8 Å². The highest BCUT2D eigenvalue weighted by molar-refractivity contribution is 4.76. The molecular weight excluding hydrogens is 252 g/mol. The maximum absolute atomic E-state index is 6.12. The van der Waals surface area contributed by atoms with Gasteiger partial charge >= 0.3 is 0 Å². The Morgan fingerprint density at radius 2 is 1.25 bits per heavy atom. The highest BCUT2D eigenvalue weighted by atomic mass is 16.7. The molecule has 0 amide bonds. The van der Waals surface area contributed by atoms with Gasteiger partial charge in [-0.1, -0.05) is 34.1 Å². The molecule has 0 spiro atoms. The first-order valence-electron chi connectivity index (χ1n) is 8.29. The fourth-order valence-electron chi connectivity index (χ4n) is 2.59. The standard InChI is InChI=1S/C16H34N2O2/c1-14(2)17-10-12-19-16(8-6-5-7-9-16)20-13-11-18-15(3)4/h14-15,17-18H,5-13H2,1-4H3. The highest BCUT2D eigenvalue weighted by Gasteiger charge is 2.33. The van der Waals surface area contributed by atoms with Crippen LogP contribution in [0.2, 0.25) is 0 Å². The molecule has 4 heteroatoms. The van der Waals surface area contributed by atoms with Gasteiger partial charge in [0.2, 0.25) is 0 Å². The lowest BCUT2D eigenvalue weighted by Crippen LogP contribution is -2.42. The van der Waals surface area contributed by atoms with Gasteiger partial charge in [-0.3, -0.25) is 0 Å². The summed E-state index contributed by atoms with van der Waals surface area (Å²) in [7, 11) is 0. The minimum atomic E-state index is -0.324. The number of nitrogens with one attached hydrogen (secondary N) is 2. The summed E-state index contributed by atoms with van der Waals surface area (Å²) in [4.78, 5) is 0. The van der Waals surface area contributed by atoms with E-state index in [1.165, 1.54) is 19.3 Å². The predicted molar refractivity (Wildman–Crippen MR) is 84.0 cm³/mol. The van der Waals surface area contributed by atoms with Crippen LogP contribution in [0.1, 0.15) is 59.8 Å². The van der Waals surface area contributed by atoms with Crippen LogP contribution in [0.4, 0.5) is 0 Å². The Balaban J connectivity index is 2.29. The zero-order chi connectivity index (χ0) is 14.8. The Labute approximate surface area is 125 Å². The summed E-state index contributed by atoms with van der Waals surface area (Å²) >= 11 is 0. The second kappa shape index (κ2) is 9.72. The van der Waals surface area contributed by atoms with E-state index in [1.807, 2.05) is 0 Å². The molecule has 20 heavy (non-hydrogen) atoms. The second-order valence-corrected chi connectivity index (χ2v) is 6.39. The number of hydrogen-bond donors (Lipinski definition) is 2. The van der Waals surface area contributed by atoms with E-state index in [-0.39, 0.29) is 5.79 Å². The maximum Gasteiger partial charge on any atom is 0.168 e. The van der Waals surface area contributed by atoms with E-state index >= 15 is 0 Å². The molecular formula is C16H34N2O2. The molecule has 1 saturated carbocycles. The van der Waals surface area contributed by atoms with Crippen LogP contribution < -0.4 is 10.6 Å². The normalized spacial score (nSPS) is 18.9. The fraction of sp³-hybridized carbons (Fsp3) is 1.00. The molecule has 0 aromatic carbocycles. The molecule has 0 radical (unpaired) electrons. The van der Waals surface area contributed by atoms with Crippen molar-refractivity contribution in [1.82, 2.24) is 10.6 Å². The van der Waals surface area contributed by atoms with E-state index in [1.54, 1.807) is 0 Å². The molecule has 120 valence electrons. The van der Waals surface area contributed by atoms with Crippen molar-refractivity contribution in [2.24, 2.45) is 0 Å². The van der Waals surface area contributed by atoms with Gasteiger partial charge in [0.1, 0.15) is 0 Å². The van der Waals surface area contributed by atoms with E-state index < -0.39 is 0 Å². The van der Waals surface area contributed by atoms with Crippen molar-refractivity contribution in [2.75, 3.05) is 26.3 Å². The van der Waals surface area contributed by atoms with Crippen LogP contribution in [0.15, 0.2) is 0 Å². The lowest BCUT2D eigenvalue weighted by molar-refractivity contribution is -0.251. The first-order chi connectivity index (χ1) is 9.54. The van der Waals surface area contributed by atoms with Crippen molar-refractivity contribution < 1.29 is 9.47 Å². The molecule has 1 aliphatic rings. The molecule has 0 unspecified atom stereocenters. The number of ether oxygens (including phenoxy) is 2. The maximum atomic E-state index is 6.12. The monoisotopic (exact) mass is 286 g/mol. The van der Waals surface area contributed by atoms with E-state index in [9.17, 15) is 0 Å².